The fourth-order valence-electron chi connectivity index (χ4n) is 3.90. The number of hydrogen-bond acceptors (Lipinski definition) is 5. The quantitative estimate of drug-likeness (QED) is 0.522. The van der Waals surface area contributed by atoms with E-state index in [1.807, 2.05) is 57.2 Å². The first-order valence-electron chi connectivity index (χ1n) is 11.5. The molecular weight excluding hydrogens is 464 g/mol. The molecule has 0 saturated heterocycles. The highest BCUT2D eigenvalue weighted by atomic mass is 32.2. The summed E-state index contributed by atoms with van der Waals surface area (Å²) < 4.78 is 37.6. The van der Waals surface area contributed by atoms with Gasteiger partial charge in [-0.05, 0) is 79.4 Å². The third-order valence-electron chi connectivity index (χ3n) is 6.13. The first kappa shape index (κ1) is 24.6. The highest BCUT2D eigenvalue weighted by molar-refractivity contribution is 7.92. The van der Waals surface area contributed by atoms with Gasteiger partial charge in [-0.1, -0.05) is 24.3 Å². The molecule has 0 spiro atoms. The van der Waals surface area contributed by atoms with Gasteiger partial charge in [-0.3, -0.25) is 9.10 Å². The van der Waals surface area contributed by atoms with Crippen LogP contribution in [0.2, 0.25) is 0 Å². The van der Waals surface area contributed by atoms with Crippen molar-refractivity contribution in [3.05, 3.63) is 88.5 Å². The lowest BCUT2D eigenvalue weighted by molar-refractivity contribution is 0.0939. The topological polar surface area (TPSA) is 84.9 Å². The molecule has 0 aliphatic carbocycles. The molecule has 0 unspecified atom stereocenters. The van der Waals surface area contributed by atoms with Gasteiger partial charge in [0.25, 0.3) is 5.91 Å². The monoisotopic (exact) mass is 494 g/mol. The van der Waals surface area contributed by atoms with Gasteiger partial charge in [-0.2, -0.15) is 0 Å². The lowest BCUT2D eigenvalue weighted by atomic mass is 10.1. The van der Waals surface area contributed by atoms with Crippen molar-refractivity contribution in [3.8, 4) is 11.5 Å². The molecule has 3 aromatic rings. The molecule has 4 rings (SSSR count). The van der Waals surface area contributed by atoms with E-state index in [2.05, 4.69) is 5.32 Å². The summed E-state index contributed by atoms with van der Waals surface area (Å²) in [6, 6.07) is 18.0. The summed E-state index contributed by atoms with van der Waals surface area (Å²) in [6.45, 7) is 7.06. The number of benzene rings is 3. The van der Waals surface area contributed by atoms with Gasteiger partial charge in [0, 0.05) is 5.56 Å². The number of anilines is 1. The third-order valence-corrected chi connectivity index (χ3v) is 7.28. The van der Waals surface area contributed by atoms with Gasteiger partial charge in [0.1, 0.15) is 13.2 Å². The average molecular weight is 495 g/mol. The molecule has 0 aromatic heterocycles. The molecular formula is C27H30N2O5S. The van der Waals surface area contributed by atoms with Crippen molar-refractivity contribution < 1.29 is 22.7 Å². The van der Waals surface area contributed by atoms with Gasteiger partial charge in [0.2, 0.25) is 10.0 Å². The fraction of sp³-hybridized carbons (Fsp3) is 0.296. The first-order valence-corrected chi connectivity index (χ1v) is 13.3. The Balaban J connectivity index is 1.45. The van der Waals surface area contributed by atoms with Crippen LogP contribution in [0.1, 0.15) is 45.6 Å². The van der Waals surface area contributed by atoms with E-state index in [1.165, 1.54) is 10.6 Å². The van der Waals surface area contributed by atoms with Crippen molar-refractivity contribution in [2.75, 3.05) is 23.8 Å². The maximum absolute atomic E-state index is 12.8. The van der Waals surface area contributed by atoms with Crippen molar-refractivity contribution in [2.24, 2.45) is 0 Å². The number of carbonyl (C=O) groups is 1. The normalized spacial score (nSPS) is 13.7. The predicted molar refractivity (Wildman–Crippen MR) is 137 cm³/mol. The molecule has 1 atom stereocenters. The Labute approximate surface area is 206 Å². The van der Waals surface area contributed by atoms with Crippen LogP contribution in [-0.4, -0.2) is 33.8 Å². The molecule has 1 aliphatic heterocycles. The summed E-state index contributed by atoms with van der Waals surface area (Å²) in [5.74, 6) is 1.17. The van der Waals surface area contributed by atoms with Gasteiger partial charge in [-0.15, -0.1) is 0 Å². The SMILES string of the molecule is Cc1ccc(N(Cc2ccc(C(=O)N[C@@H](C)c3ccc4c(c3)OCCO4)cc2)S(C)(=O)=O)cc1C. The fourth-order valence-corrected chi connectivity index (χ4v) is 4.78. The molecule has 7 nitrogen and oxygen atoms in total. The van der Waals surface area contributed by atoms with Crippen LogP contribution in [0.5, 0.6) is 11.5 Å². The zero-order valence-corrected chi connectivity index (χ0v) is 21.2. The zero-order valence-electron chi connectivity index (χ0n) is 20.4. The third kappa shape index (κ3) is 5.77. The van der Waals surface area contributed by atoms with Gasteiger partial charge in [0.05, 0.1) is 24.5 Å². The van der Waals surface area contributed by atoms with Crippen LogP contribution in [-0.2, 0) is 16.6 Å². The molecule has 0 bridgehead atoms. The standard InChI is InChI=1S/C27H30N2O5S/c1-18-5-11-24(15-19(18)2)29(35(4,31)32)17-21-6-8-22(9-7-21)27(30)28-20(3)23-10-12-25-26(16-23)34-14-13-33-25/h5-12,15-16,20H,13-14,17H2,1-4H3,(H,28,30)/t20-/m0/s1. The number of ether oxygens (including phenoxy) is 2. The number of nitrogens with one attached hydrogen (secondary N) is 1. The van der Waals surface area contributed by atoms with Crippen LogP contribution >= 0.6 is 0 Å². The molecule has 0 fully saturated rings. The van der Waals surface area contributed by atoms with Crippen molar-refractivity contribution in [1.82, 2.24) is 5.32 Å². The molecule has 3 aromatic carbocycles. The van der Waals surface area contributed by atoms with Gasteiger partial charge >= 0.3 is 0 Å². The number of rotatable bonds is 7. The first-order chi connectivity index (χ1) is 16.6. The summed E-state index contributed by atoms with van der Waals surface area (Å²) in [7, 11) is -3.49. The molecule has 184 valence electrons. The number of aryl methyl sites for hydroxylation is 2. The zero-order chi connectivity index (χ0) is 25.2. The predicted octanol–water partition coefficient (Wildman–Crippen LogP) is 4.53. The summed E-state index contributed by atoms with van der Waals surface area (Å²) in [6.07, 6.45) is 1.20. The molecule has 1 heterocycles. The van der Waals surface area contributed by atoms with Crippen LogP contribution in [0.25, 0.3) is 0 Å². The molecule has 35 heavy (non-hydrogen) atoms. The highest BCUT2D eigenvalue weighted by Gasteiger charge is 2.20. The minimum atomic E-state index is -3.49. The van der Waals surface area contributed by atoms with E-state index in [4.69, 9.17) is 9.47 Å². The van der Waals surface area contributed by atoms with Crippen molar-refractivity contribution >= 4 is 21.6 Å². The van der Waals surface area contributed by atoms with E-state index < -0.39 is 10.0 Å². The summed E-state index contributed by atoms with van der Waals surface area (Å²) >= 11 is 0. The molecule has 0 saturated carbocycles. The van der Waals surface area contributed by atoms with E-state index >= 15 is 0 Å². The van der Waals surface area contributed by atoms with Gasteiger partial charge < -0.3 is 14.8 Å². The Bertz CT molecular complexity index is 1340. The molecule has 1 amide bonds. The maximum atomic E-state index is 12.8. The van der Waals surface area contributed by atoms with Crippen molar-refractivity contribution in [3.63, 3.8) is 0 Å². The smallest absolute Gasteiger partial charge is 0.251 e. The Morgan fingerprint density at radius 2 is 1.63 bits per heavy atom. The number of carbonyl (C=O) groups excluding carboxylic acids is 1. The second-order valence-electron chi connectivity index (χ2n) is 8.83. The minimum Gasteiger partial charge on any atom is -0.486 e. The van der Waals surface area contributed by atoms with E-state index in [-0.39, 0.29) is 18.5 Å². The lowest BCUT2D eigenvalue weighted by Crippen LogP contribution is -2.29. The second-order valence-corrected chi connectivity index (χ2v) is 10.7. The van der Waals surface area contributed by atoms with Crippen LogP contribution in [0.4, 0.5) is 5.69 Å². The molecule has 0 radical (unpaired) electrons. The Morgan fingerprint density at radius 1 is 0.943 bits per heavy atom. The molecule has 8 heteroatoms. The number of nitrogens with zero attached hydrogens (tertiary/aromatic N) is 1. The number of amides is 1. The number of fused-ring (bicyclic) bond motifs is 1. The van der Waals surface area contributed by atoms with Crippen LogP contribution < -0.4 is 19.1 Å². The summed E-state index contributed by atoms with van der Waals surface area (Å²) in [5.41, 5.74) is 4.93. The summed E-state index contributed by atoms with van der Waals surface area (Å²) in [5, 5.41) is 3.00. The Hall–Kier alpha value is -3.52. The molecule has 1 aliphatic rings. The van der Waals surface area contributed by atoms with Gasteiger partial charge in [-0.25, -0.2) is 8.42 Å². The lowest BCUT2D eigenvalue weighted by Gasteiger charge is -2.23. The van der Waals surface area contributed by atoms with E-state index in [0.29, 0.717) is 36.0 Å². The summed E-state index contributed by atoms with van der Waals surface area (Å²) in [4.78, 5) is 12.8. The van der Waals surface area contributed by atoms with Gasteiger partial charge in [0.15, 0.2) is 11.5 Å². The minimum absolute atomic E-state index is 0.177. The Morgan fingerprint density at radius 3 is 2.29 bits per heavy atom. The van der Waals surface area contributed by atoms with E-state index in [0.717, 1.165) is 22.3 Å². The van der Waals surface area contributed by atoms with Crippen LogP contribution in [0.3, 0.4) is 0 Å². The van der Waals surface area contributed by atoms with Crippen LogP contribution in [0.15, 0.2) is 60.7 Å². The molecule has 1 N–H and O–H groups in total. The highest BCUT2D eigenvalue weighted by Crippen LogP contribution is 2.32. The maximum Gasteiger partial charge on any atom is 0.251 e. The van der Waals surface area contributed by atoms with E-state index in [9.17, 15) is 13.2 Å². The number of sulfonamides is 1. The largest absolute Gasteiger partial charge is 0.486 e. The number of hydrogen-bond donors (Lipinski definition) is 1. The Kier molecular flexibility index (Phi) is 7.03. The van der Waals surface area contributed by atoms with Crippen LogP contribution in [0, 0.1) is 13.8 Å². The average Bonchev–Trinajstić information content (AvgIpc) is 2.83. The van der Waals surface area contributed by atoms with Crippen molar-refractivity contribution in [1.29, 1.82) is 0 Å². The van der Waals surface area contributed by atoms with E-state index in [1.54, 1.807) is 24.3 Å². The second kappa shape index (κ2) is 10.00. The van der Waals surface area contributed by atoms with Crippen molar-refractivity contribution in [2.45, 2.75) is 33.4 Å².